The molecule has 164 valence electrons. The summed E-state index contributed by atoms with van der Waals surface area (Å²) in [6, 6.07) is 13.3. The molecular formula is C23H26FN3O3S. The first-order valence-electron chi connectivity index (χ1n) is 10.1. The molecule has 1 aromatic carbocycles. The van der Waals surface area contributed by atoms with E-state index in [-0.39, 0.29) is 30.8 Å². The minimum atomic E-state index is -0.332. The Morgan fingerprint density at radius 1 is 1.03 bits per heavy atom. The summed E-state index contributed by atoms with van der Waals surface area (Å²) in [7, 11) is 0. The maximum absolute atomic E-state index is 13.3. The third kappa shape index (κ3) is 6.68. The van der Waals surface area contributed by atoms with Gasteiger partial charge in [-0.05, 0) is 55.8 Å². The number of nitrogens with one attached hydrogen (secondary N) is 1. The van der Waals surface area contributed by atoms with Crippen molar-refractivity contribution < 1.29 is 18.4 Å². The van der Waals surface area contributed by atoms with E-state index in [4.69, 9.17) is 4.42 Å². The van der Waals surface area contributed by atoms with Gasteiger partial charge in [0.25, 0.3) is 0 Å². The second-order valence-corrected chi connectivity index (χ2v) is 8.53. The molecule has 0 aliphatic rings. The fraction of sp³-hybridized carbons (Fsp3) is 0.304. The third-order valence-electron chi connectivity index (χ3n) is 4.65. The Bertz CT molecular complexity index is 986. The van der Waals surface area contributed by atoms with E-state index in [2.05, 4.69) is 5.32 Å². The number of urea groups is 1. The van der Waals surface area contributed by atoms with Gasteiger partial charge < -0.3 is 19.5 Å². The summed E-state index contributed by atoms with van der Waals surface area (Å²) < 4.78 is 18.7. The van der Waals surface area contributed by atoms with E-state index in [9.17, 15) is 14.0 Å². The summed E-state index contributed by atoms with van der Waals surface area (Å²) in [6.07, 6.45) is 1.53. The molecule has 3 amide bonds. The van der Waals surface area contributed by atoms with Crippen molar-refractivity contribution in [3.63, 3.8) is 0 Å². The lowest BCUT2D eigenvalue weighted by molar-refractivity contribution is -0.133. The number of carbonyl (C=O) groups excluding carboxylic acids is 2. The second-order valence-electron chi connectivity index (χ2n) is 7.16. The molecular weight excluding hydrogens is 417 g/mol. The molecule has 3 aromatic rings. The van der Waals surface area contributed by atoms with Gasteiger partial charge >= 0.3 is 6.03 Å². The summed E-state index contributed by atoms with van der Waals surface area (Å²) in [5.74, 6) is 0.0718. The molecule has 2 heterocycles. The van der Waals surface area contributed by atoms with Gasteiger partial charge in [-0.25, -0.2) is 9.18 Å². The molecule has 0 aliphatic heterocycles. The van der Waals surface area contributed by atoms with Gasteiger partial charge in [-0.1, -0.05) is 12.1 Å². The average molecular weight is 444 g/mol. The fourth-order valence-electron chi connectivity index (χ4n) is 3.12. The molecule has 0 aliphatic carbocycles. The van der Waals surface area contributed by atoms with Crippen LogP contribution in [0.15, 0.2) is 59.2 Å². The van der Waals surface area contributed by atoms with Gasteiger partial charge in [0.05, 0.1) is 19.4 Å². The predicted molar refractivity (Wildman–Crippen MR) is 118 cm³/mol. The quantitative estimate of drug-likeness (QED) is 0.528. The van der Waals surface area contributed by atoms with Crippen molar-refractivity contribution >= 4 is 23.3 Å². The first-order chi connectivity index (χ1) is 14.9. The fourth-order valence-corrected chi connectivity index (χ4v) is 4.02. The van der Waals surface area contributed by atoms with Crippen LogP contribution in [0.3, 0.4) is 0 Å². The molecule has 1 N–H and O–H groups in total. The Morgan fingerprint density at radius 3 is 2.42 bits per heavy atom. The van der Waals surface area contributed by atoms with Gasteiger partial charge in [0.15, 0.2) is 0 Å². The molecule has 8 heteroatoms. The van der Waals surface area contributed by atoms with Crippen LogP contribution >= 0.6 is 11.3 Å². The van der Waals surface area contributed by atoms with Crippen molar-refractivity contribution in [2.24, 2.45) is 0 Å². The lowest BCUT2D eigenvalue weighted by Crippen LogP contribution is -2.46. The van der Waals surface area contributed by atoms with Crippen LogP contribution in [-0.2, 0) is 24.4 Å². The number of hydrogen-bond donors (Lipinski definition) is 1. The maximum atomic E-state index is 13.3. The Hall–Kier alpha value is -3.13. The van der Waals surface area contributed by atoms with Gasteiger partial charge in [0, 0.05) is 22.8 Å². The van der Waals surface area contributed by atoms with Crippen LogP contribution in [0.4, 0.5) is 9.18 Å². The molecule has 0 unspecified atom stereocenters. The molecule has 31 heavy (non-hydrogen) atoms. The number of halogens is 1. The molecule has 0 spiro atoms. The lowest BCUT2D eigenvalue weighted by atomic mass is 10.2. The summed E-state index contributed by atoms with van der Waals surface area (Å²) in [5, 5.41) is 2.75. The summed E-state index contributed by atoms with van der Waals surface area (Å²) in [6.45, 7) is 5.12. The predicted octanol–water partition coefficient (Wildman–Crippen LogP) is 4.55. The number of amides is 3. The van der Waals surface area contributed by atoms with Gasteiger partial charge in [0.1, 0.15) is 18.1 Å². The lowest BCUT2D eigenvalue weighted by Gasteiger charge is -2.27. The zero-order valence-electron chi connectivity index (χ0n) is 17.6. The van der Waals surface area contributed by atoms with Crippen molar-refractivity contribution in [2.45, 2.75) is 33.5 Å². The number of rotatable bonds is 9. The largest absolute Gasteiger partial charge is 0.467 e. The highest BCUT2D eigenvalue weighted by Crippen LogP contribution is 2.19. The smallest absolute Gasteiger partial charge is 0.318 e. The van der Waals surface area contributed by atoms with Gasteiger partial charge in [-0.2, -0.15) is 0 Å². The standard InChI is InChI=1S/C23H26FN3O3S/c1-3-25-23(29)27(14-20-5-4-12-30-20)16-22(28)26(15-21-11-6-17(2)31-21)13-18-7-9-19(24)10-8-18/h4-12H,3,13-16H2,1-2H3,(H,25,29). The van der Waals surface area contributed by atoms with Gasteiger partial charge in [0.2, 0.25) is 5.91 Å². The number of furan rings is 1. The first kappa shape index (κ1) is 22.6. The molecule has 0 saturated carbocycles. The third-order valence-corrected chi connectivity index (χ3v) is 5.64. The van der Waals surface area contributed by atoms with Crippen LogP contribution < -0.4 is 5.32 Å². The summed E-state index contributed by atoms with van der Waals surface area (Å²) >= 11 is 1.62. The molecule has 0 atom stereocenters. The zero-order valence-corrected chi connectivity index (χ0v) is 18.5. The molecule has 0 fully saturated rings. The van der Waals surface area contributed by atoms with Crippen LogP contribution in [0.1, 0.15) is 28.0 Å². The Balaban J connectivity index is 1.78. The number of thiophene rings is 1. The Kier molecular flexibility index (Phi) is 7.83. The molecule has 0 bridgehead atoms. The maximum Gasteiger partial charge on any atom is 0.318 e. The number of hydrogen-bond acceptors (Lipinski definition) is 4. The van der Waals surface area contributed by atoms with Crippen LogP contribution in [0.2, 0.25) is 0 Å². The minimum absolute atomic E-state index is 0.0991. The van der Waals surface area contributed by atoms with E-state index >= 15 is 0 Å². The molecule has 0 saturated heterocycles. The zero-order chi connectivity index (χ0) is 22.2. The van der Waals surface area contributed by atoms with E-state index in [1.165, 1.54) is 23.3 Å². The van der Waals surface area contributed by atoms with Crippen LogP contribution in [0, 0.1) is 12.7 Å². The number of aryl methyl sites for hydroxylation is 1. The van der Waals surface area contributed by atoms with E-state index < -0.39 is 0 Å². The molecule has 3 rings (SSSR count). The van der Waals surface area contributed by atoms with Crippen molar-refractivity contribution in [2.75, 3.05) is 13.1 Å². The Morgan fingerprint density at radius 2 is 1.81 bits per heavy atom. The normalized spacial score (nSPS) is 10.7. The second kappa shape index (κ2) is 10.8. The highest BCUT2D eigenvalue weighted by molar-refractivity contribution is 7.11. The minimum Gasteiger partial charge on any atom is -0.467 e. The highest BCUT2D eigenvalue weighted by atomic mass is 32.1. The monoisotopic (exact) mass is 443 g/mol. The van der Waals surface area contributed by atoms with Crippen LogP contribution in [-0.4, -0.2) is 34.8 Å². The SMILES string of the molecule is CCNC(=O)N(CC(=O)N(Cc1ccc(F)cc1)Cc1ccc(C)s1)Cc1ccco1. The van der Waals surface area contributed by atoms with Crippen molar-refractivity contribution in [1.82, 2.24) is 15.1 Å². The average Bonchev–Trinajstić information content (AvgIpc) is 3.40. The van der Waals surface area contributed by atoms with E-state index in [1.54, 1.807) is 40.5 Å². The van der Waals surface area contributed by atoms with Crippen LogP contribution in [0.25, 0.3) is 0 Å². The van der Waals surface area contributed by atoms with Gasteiger partial charge in [-0.3, -0.25) is 4.79 Å². The Labute approximate surface area is 185 Å². The number of nitrogens with zero attached hydrogens (tertiary/aromatic N) is 2. The van der Waals surface area contributed by atoms with E-state index in [1.807, 2.05) is 26.0 Å². The summed E-state index contributed by atoms with van der Waals surface area (Å²) in [4.78, 5) is 31.1. The highest BCUT2D eigenvalue weighted by Gasteiger charge is 2.23. The van der Waals surface area contributed by atoms with Crippen molar-refractivity contribution in [3.05, 3.63) is 81.7 Å². The van der Waals surface area contributed by atoms with E-state index in [0.717, 1.165) is 15.3 Å². The van der Waals surface area contributed by atoms with Crippen molar-refractivity contribution in [1.29, 1.82) is 0 Å². The number of carbonyl (C=O) groups is 2. The van der Waals surface area contributed by atoms with Crippen molar-refractivity contribution in [3.8, 4) is 0 Å². The van der Waals surface area contributed by atoms with Crippen LogP contribution in [0.5, 0.6) is 0 Å². The van der Waals surface area contributed by atoms with Gasteiger partial charge in [-0.15, -0.1) is 11.3 Å². The molecule has 0 radical (unpaired) electrons. The van der Waals surface area contributed by atoms with E-state index in [0.29, 0.717) is 25.4 Å². The first-order valence-corrected chi connectivity index (χ1v) is 10.9. The topological polar surface area (TPSA) is 65.8 Å². The molecule has 6 nitrogen and oxygen atoms in total. The molecule has 2 aromatic heterocycles. The number of benzene rings is 1. The summed E-state index contributed by atoms with van der Waals surface area (Å²) in [5.41, 5.74) is 0.818.